The number of fused-ring (bicyclic) bond motifs is 1. The fourth-order valence-corrected chi connectivity index (χ4v) is 4.69. The molecule has 30 heavy (non-hydrogen) atoms. The number of aromatic nitrogens is 2. The summed E-state index contributed by atoms with van der Waals surface area (Å²) in [5.41, 5.74) is 1.92. The van der Waals surface area contributed by atoms with Crippen LogP contribution in [0.4, 0.5) is 0 Å². The number of carbonyl (C=O) groups excluding carboxylic acids is 1. The van der Waals surface area contributed by atoms with Gasteiger partial charge in [0.15, 0.2) is 0 Å². The van der Waals surface area contributed by atoms with Crippen LogP contribution in [0.15, 0.2) is 41.5 Å². The molecule has 1 amide bonds. The minimum Gasteiger partial charge on any atom is -0.343 e. The van der Waals surface area contributed by atoms with Crippen molar-refractivity contribution in [3.8, 4) is 11.1 Å². The summed E-state index contributed by atoms with van der Waals surface area (Å²) in [5.74, 6) is 0.119. The highest BCUT2D eigenvalue weighted by Gasteiger charge is 2.18. The molecule has 160 valence electrons. The van der Waals surface area contributed by atoms with Crippen LogP contribution >= 0.6 is 11.3 Å². The number of unbranched alkanes of at least 4 members (excludes halogenated alkanes) is 2. The van der Waals surface area contributed by atoms with E-state index in [-0.39, 0.29) is 11.5 Å². The van der Waals surface area contributed by atoms with Crippen LogP contribution < -0.4 is 5.56 Å². The van der Waals surface area contributed by atoms with Gasteiger partial charge in [0, 0.05) is 36.5 Å². The molecular weight excluding hydrogens is 394 g/mol. The molecule has 0 spiro atoms. The molecular formula is C24H31N3O2S. The Hall–Kier alpha value is -2.47. The van der Waals surface area contributed by atoms with Gasteiger partial charge in [0.1, 0.15) is 4.83 Å². The fraction of sp³-hybridized carbons (Fsp3) is 0.458. The highest BCUT2D eigenvalue weighted by molar-refractivity contribution is 7.19. The summed E-state index contributed by atoms with van der Waals surface area (Å²) in [6.45, 7) is 8.25. The van der Waals surface area contributed by atoms with Gasteiger partial charge in [-0.15, -0.1) is 11.3 Å². The Balaban J connectivity index is 1.84. The zero-order valence-corrected chi connectivity index (χ0v) is 19.0. The van der Waals surface area contributed by atoms with Gasteiger partial charge in [0.2, 0.25) is 5.91 Å². The van der Waals surface area contributed by atoms with E-state index in [2.05, 4.69) is 18.8 Å². The lowest BCUT2D eigenvalue weighted by atomic mass is 10.0. The zero-order chi connectivity index (χ0) is 21.5. The summed E-state index contributed by atoms with van der Waals surface area (Å²) in [6, 6.07) is 9.97. The van der Waals surface area contributed by atoms with Crippen molar-refractivity contribution in [1.29, 1.82) is 0 Å². The summed E-state index contributed by atoms with van der Waals surface area (Å²) in [5, 5.41) is 0.660. The van der Waals surface area contributed by atoms with Gasteiger partial charge in [-0.2, -0.15) is 0 Å². The summed E-state index contributed by atoms with van der Waals surface area (Å²) >= 11 is 1.54. The zero-order valence-electron chi connectivity index (χ0n) is 18.2. The third-order valence-corrected chi connectivity index (χ3v) is 6.41. The predicted molar refractivity (Wildman–Crippen MR) is 125 cm³/mol. The molecule has 1 aromatic carbocycles. The molecule has 6 heteroatoms. The highest BCUT2D eigenvalue weighted by atomic mass is 32.1. The van der Waals surface area contributed by atoms with Gasteiger partial charge in [0.25, 0.3) is 5.56 Å². The molecule has 0 saturated carbocycles. The summed E-state index contributed by atoms with van der Waals surface area (Å²) in [6.07, 6.45) is 6.07. The molecule has 0 N–H and O–H groups in total. The molecule has 2 aromatic heterocycles. The van der Waals surface area contributed by atoms with Crippen molar-refractivity contribution in [3.05, 3.63) is 51.9 Å². The maximum Gasteiger partial charge on any atom is 0.262 e. The summed E-state index contributed by atoms with van der Waals surface area (Å²) < 4.78 is 1.59. The van der Waals surface area contributed by atoms with Crippen molar-refractivity contribution in [2.45, 2.75) is 59.4 Å². The lowest BCUT2D eigenvalue weighted by Crippen LogP contribution is -2.34. The van der Waals surface area contributed by atoms with Crippen LogP contribution in [0.1, 0.15) is 50.8 Å². The van der Waals surface area contributed by atoms with Gasteiger partial charge in [-0.05, 0) is 25.3 Å². The van der Waals surface area contributed by atoms with E-state index in [9.17, 15) is 9.59 Å². The number of hydrogen-bond acceptors (Lipinski definition) is 4. The van der Waals surface area contributed by atoms with Gasteiger partial charge in [-0.3, -0.25) is 14.2 Å². The topological polar surface area (TPSA) is 55.2 Å². The van der Waals surface area contributed by atoms with Gasteiger partial charge < -0.3 is 4.90 Å². The first kappa shape index (κ1) is 22.2. The standard InChI is InChI=1S/C24H31N3O2S/c1-4-6-14-26(15-7-5-2)20(28)13-16-27-17-25-23-22(24(27)29)21(18(3)30-23)19-11-9-8-10-12-19/h8-12,17H,4-7,13-16H2,1-3H3. The van der Waals surface area contributed by atoms with Crippen molar-refractivity contribution in [2.24, 2.45) is 0 Å². The molecule has 0 aliphatic carbocycles. The summed E-state index contributed by atoms with van der Waals surface area (Å²) in [4.78, 5) is 34.4. The normalized spacial score (nSPS) is 11.2. The molecule has 3 rings (SSSR count). The average molecular weight is 426 g/mol. The SMILES string of the molecule is CCCCN(CCCC)C(=O)CCn1cnc2sc(C)c(-c3ccccc3)c2c1=O. The third-order valence-electron chi connectivity index (χ3n) is 5.40. The van der Waals surface area contributed by atoms with E-state index in [1.807, 2.05) is 42.2 Å². The third kappa shape index (κ3) is 4.98. The average Bonchev–Trinajstić information content (AvgIpc) is 3.10. The van der Waals surface area contributed by atoms with Crippen molar-refractivity contribution in [1.82, 2.24) is 14.5 Å². The quantitative estimate of drug-likeness (QED) is 0.446. The first-order valence-corrected chi connectivity index (χ1v) is 11.7. The monoisotopic (exact) mass is 425 g/mol. The van der Waals surface area contributed by atoms with Crippen LogP contribution in [0.25, 0.3) is 21.3 Å². The lowest BCUT2D eigenvalue weighted by Gasteiger charge is -2.22. The molecule has 0 bridgehead atoms. The number of rotatable bonds is 10. The number of thiophene rings is 1. The van der Waals surface area contributed by atoms with Crippen molar-refractivity contribution in [2.75, 3.05) is 13.1 Å². The van der Waals surface area contributed by atoms with Crippen LogP contribution in [-0.4, -0.2) is 33.4 Å². The van der Waals surface area contributed by atoms with Gasteiger partial charge >= 0.3 is 0 Å². The molecule has 0 atom stereocenters. The van der Waals surface area contributed by atoms with Crippen LogP contribution in [0, 0.1) is 6.92 Å². The Labute approximate surface area is 182 Å². The second-order valence-electron chi connectivity index (χ2n) is 7.66. The van der Waals surface area contributed by atoms with Gasteiger partial charge in [-0.1, -0.05) is 57.0 Å². The van der Waals surface area contributed by atoms with Crippen LogP contribution in [0.2, 0.25) is 0 Å². The van der Waals surface area contributed by atoms with Crippen molar-refractivity contribution < 1.29 is 4.79 Å². The van der Waals surface area contributed by atoms with E-state index in [1.165, 1.54) is 0 Å². The number of hydrogen-bond donors (Lipinski definition) is 0. The molecule has 0 unspecified atom stereocenters. The van der Waals surface area contributed by atoms with E-state index in [1.54, 1.807) is 22.2 Å². The maximum atomic E-state index is 13.3. The minimum atomic E-state index is -0.0651. The number of nitrogens with zero attached hydrogens (tertiary/aromatic N) is 3. The molecule has 5 nitrogen and oxygen atoms in total. The van der Waals surface area contributed by atoms with Crippen molar-refractivity contribution >= 4 is 27.5 Å². The molecule has 3 aromatic rings. The minimum absolute atomic E-state index is 0.0651. The Kier molecular flexibility index (Phi) is 7.80. The number of carbonyl (C=O) groups is 1. The van der Waals surface area contributed by atoms with Crippen LogP contribution in [-0.2, 0) is 11.3 Å². The number of amides is 1. The van der Waals surface area contributed by atoms with Crippen molar-refractivity contribution in [3.63, 3.8) is 0 Å². The Morgan fingerprint density at radius 3 is 2.40 bits per heavy atom. The van der Waals surface area contributed by atoms with E-state index in [4.69, 9.17) is 0 Å². The fourth-order valence-electron chi connectivity index (χ4n) is 3.68. The maximum absolute atomic E-state index is 13.3. The molecule has 0 fully saturated rings. The Bertz CT molecular complexity index is 1030. The largest absolute Gasteiger partial charge is 0.343 e. The second-order valence-corrected chi connectivity index (χ2v) is 8.86. The molecule has 0 saturated heterocycles. The van der Waals surface area contributed by atoms with Crippen LogP contribution in [0.3, 0.4) is 0 Å². The van der Waals surface area contributed by atoms with Gasteiger partial charge in [-0.25, -0.2) is 4.98 Å². The number of aryl methyl sites for hydroxylation is 2. The lowest BCUT2D eigenvalue weighted by molar-refractivity contribution is -0.131. The van der Waals surface area contributed by atoms with E-state index in [0.717, 1.165) is 59.6 Å². The predicted octanol–water partition coefficient (Wildman–Crippen LogP) is 5.25. The molecule has 0 aliphatic rings. The molecule has 2 heterocycles. The second kappa shape index (κ2) is 10.5. The van der Waals surface area contributed by atoms with Gasteiger partial charge in [0.05, 0.1) is 11.7 Å². The first-order chi connectivity index (χ1) is 14.6. The Morgan fingerprint density at radius 1 is 1.10 bits per heavy atom. The smallest absolute Gasteiger partial charge is 0.262 e. The molecule has 0 aliphatic heterocycles. The van der Waals surface area contributed by atoms with E-state index < -0.39 is 0 Å². The highest BCUT2D eigenvalue weighted by Crippen LogP contribution is 2.35. The van der Waals surface area contributed by atoms with E-state index in [0.29, 0.717) is 18.4 Å². The van der Waals surface area contributed by atoms with Crippen LogP contribution in [0.5, 0.6) is 0 Å². The molecule has 0 radical (unpaired) electrons. The first-order valence-electron chi connectivity index (χ1n) is 10.9. The summed E-state index contributed by atoms with van der Waals surface area (Å²) in [7, 11) is 0. The van der Waals surface area contributed by atoms with E-state index >= 15 is 0 Å². The Morgan fingerprint density at radius 2 is 1.77 bits per heavy atom. The number of benzene rings is 1.